The van der Waals surface area contributed by atoms with Crippen molar-refractivity contribution in [3.8, 4) is 0 Å². The first-order valence-corrected chi connectivity index (χ1v) is 7.05. The molecule has 0 fully saturated rings. The van der Waals surface area contributed by atoms with Gasteiger partial charge < -0.3 is 16.8 Å². The van der Waals surface area contributed by atoms with Crippen LogP contribution in [0.15, 0.2) is 36.8 Å². The molecule has 0 aromatic carbocycles. The van der Waals surface area contributed by atoms with Crippen LogP contribution >= 0.6 is 0 Å². The van der Waals surface area contributed by atoms with Gasteiger partial charge in [-0.1, -0.05) is 6.07 Å². The highest BCUT2D eigenvalue weighted by Gasteiger charge is 2.30. The second-order valence-corrected chi connectivity index (χ2v) is 5.61. The van der Waals surface area contributed by atoms with E-state index in [9.17, 15) is 0 Å². The van der Waals surface area contributed by atoms with Crippen molar-refractivity contribution in [2.45, 2.75) is 19.4 Å². The van der Waals surface area contributed by atoms with Gasteiger partial charge in [0.1, 0.15) is 11.5 Å². The molecule has 0 saturated heterocycles. The number of nitrogens with two attached hydrogens (primary N) is 2. The molecule has 0 aliphatic carbocycles. The molecule has 4 heterocycles. The average Bonchev–Trinajstić information content (AvgIpc) is 2.96. The number of pyridine rings is 2. The average molecular weight is 310 g/mol. The minimum atomic E-state index is -2.50. The van der Waals surface area contributed by atoms with Crippen LogP contribution in [-0.2, 0) is 5.66 Å². The van der Waals surface area contributed by atoms with Crippen molar-refractivity contribution >= 4 is 17.0 Å². The molecule has 4 rings (SSSR count). The van der Waals surface area contributed by atoms with Gasteiger partial charge >= 0.3 is 0 Å². The lowest BCUT2D eigenvalue weighted by molar-refractivity contribution is 0.430. The Bertz CT molecular complexity index is 1050. The summed E-state index contributed by atoms with van der Waals surface area (Å²) >= 11 is 0. The molecule has 1 aliphatic heterocycles. The third kappa shape index (κ3) is 2.13. The van der Waals surface area contributed by atoms with Gasteiger partial charge in [0.2, 0.25) is 0 Å². The summed E-state index contributed by atoms with van der Waals surface area (Å²) in [6.07, 6.45) is 4.77. The number of nitrogen functional groups attached to an aromatic ring is 1. The third-order valence-electron chi connectivity index (χ3n) is 3.80. The van der Waals surface area contributed by atoms with E-state index in [0.29, 0.717) is 28.2 Å². The van der Waals surface area contributed by atoms with Crippen molar-refractivity contribution in [2.75, 3.05) is 5.73 Å². The van der Waals surface area contributed by atoms with Crippen LogP contribution in [-0.4, -0.2) is 19.6 Å². The zero-order valence-electron chi connectivity index (χ0n) is 15.4. The fourth-order valence-corrected chi connectivity index (χ4v) is 2.64. The number of nitrogens with one attached hydrogen (secondary N) is 1. The molecule has 1 atom stereocenters. The minimum Gasteiger partial charge on any atom is -0.384 e. The lowest BCUT2D eigenvalue weighted by Crippen LogP contribution is -2.47. The molecule has 3 aromatic heterocycles. The molecule has 0 spiro atoms. The summed E-state index contributed by atoms with van der Waals surface area (Å²) in [7, 11) is 0. The van der Waals surface area contributed by atoms with Crippen LogP contribution in [0.3, 0.4) is 0 Å². The molecule has 0 bridgehead atoms. The van der Waals surface area contributed by atoms with Gasteiger partial charge in [-0.2, -0.15) is 0 Å². The van der Waals surface area contributed by atoms with E-state index in [2.05, 4.69) is 20.4 Å². The van der Waals surface area contributed by atoms with Crippen molar-refractivity contribution in [1.29, 1.82) is 0 Å². The predicted molar refractivity (Wildman–Crippen MR) is 88.1 cm³/mol. The highest BCUT2D eigenvalue weighted by Crippen LogP contribution is 2.33. The van der Waals surface area contributed by atoms with Gasteiger partial charge in [0.25, 0.3) is 0 Å². The third-order valence-corrected chi connectivity index (χ3v) is 3.80. The first kappa shape index (κ1) is 10.7. The van der Waals surface area contributed by atoms with Gasteiger partial charge in [-0.3, -0.25) is 0 Å². The molecule has 5 N–H and O–H groups in total. The van der Waals surface area contributed by atoms with Gasteiger partial charge in [-0.05, 0) is 37.0 Å². The number of fused-ring (bicyclic) bond motifs is 2. The Balaban J connectivity index is 1.92. The topological polar surface area (TPSA) is 107 Å². The second kappa shape index (κ2) is 4.53. The van der Waals surface area contributed by atoms with Gasteiger partial charge in [0.05, 0.1) is 0 Å². The Labute approximate surface area is 137 Å². The molecule has 7 heteroatoms. The van der Waals surface area contributed by atoms with Gasteiger partial charge in [-0.15, -0.1) is 5.10 Å². The van der Waals surface area contributed by atoms with Crippen molar-refractivity contribution in [2.24, 2.45) is 5.73 Å². The summed E-state index contributed by atoms with van der Waals surface area (Å²) in [4.78, 5) is 8.54. The van der Waals surface area contributed by atoms with Crippen LogP contribution in [0.2, 0.25) is 0 Å². The van der Waals surface area contributed by atoms with Crippen molar-refractivity contribution in [1.82, 2.24) is 24.9 Å². The number of anilines is 1. The Kier molecular flexibility index (Phi) is 2.12. The number of hydrogen-bond acceptors (Lipinski definition) is 6. The Morgan fingerprint density at radius 3 is 3.09 bits per heavy atom. The van der Waals surface area contributed by atoms with E-state index in [-0.39, 0.29) is 5.82 Å². The first-order valence-electron chi connectivity index (χ1n) is 8.55. The molecule has 116 valence electrons. The normalized spacial score (nSPS) is 22.5. The SMILES string of the molecule is [2H]C([2H])([2H])C1(N)NC=C(c2nc3ccc(C)cn3n2)c2cc(N)ncc21. The second-order valence-electron chi connectivity index (χ2n) is 5.61. The van der Waals surface area contributed by atoms with Crippen LogP contribution in [0.1, 0.15) is 33.5 Å². The zero-order valence-corrected chi connectivity index (χ0v) is 12.4. The zero-order chi connectivity index (χ0) is 18.7. The maximum Gasteiger partial charge on any atom is 0.184 e. The molecular weight excluding hydrogens is 290 g/mol. The first-order chi connectivity index (χ1) is 12.2. The van der Waals surface area contributed by atoms with Crippen LogP contribution in [0, 0.1) is 6.92 Å². The summed E-state index contributed by atoms with van der Waals surface area (Å²) in [6.45, 7) is -0.534. The van der Waals surface area contributed by atoms with Gasteiger partial charge in [-0.25, -0.2) is 14.5 Å². The highest BCUT2D eigenvalue weighted by atomic mass is 15.3. The molecule has 0 radical (unpaired) electrons. The summed E-state index contributed by atoms with van der Waals surface area (Å²) < 4.78 is 25.1. The Morgan fingerprint density at radius 2 is 2.26 bits per heavy atom. The van der Waals surface area contributed by atoms with E-state index in [1.165, 1.54) is 12.4 Å². The van der Waals surface area contributed by atoms with E-state index >= 15 is 0 Å². The molecule has 7 nitrogen and oxygen atoms in total. The number of aryl methyl sites for hydroxylation is 1. The maximum absolute atomic E-state index is 7.81. The van der Waals surface area contributed by atoms with Crippen LogP contribution in [0.5, 0.6) is 0 Å². The van der Waals surface area contributed by atoms with Crippen LogP contribution in [0.25, 0.3) is 11.2 Å². The fraction of sp³-hybridized carbons (Fsp3) is 0.188. The Hall–Kier alpha value is -2.93. The van der Waals surface area contributed by atoms with E-state index in [4.69, 9.17) is 15.6 Å². The van der Waals surface area contributed by atoms with Crippen molar-refractivity contribution in [3.05, 3.63) is 59.3 Å². The number of hydrogen-bond donors (Lipinski definition) is 3. The predicted octanol–water partition coefficient (Wildman–Crippen LogP) is 1.14. The molecule has 1 unspecified atom stereocenters. The van der Waals surface area contributed by atoms with Gasteiger partial charge in [0.15, 0.2) is 11.5 Å². The van der Waals surface area contributed by atoms with Gasteiger partial charge in [0, 0.05) is 33.8 Å². The summed E-state index contributed by atoms with van der Waals surface area (Å²) in [5, 5.41) is 7.29. The molecular formula is C16H17N7. The number of rotatable bonds is 1. The van der Waals surface area contributed by atoms with Crippen LogP contribution in [0.4, 0.5) is 5.82 Å². The monoisotopic (exact) mass is 310 g/mol. The highest BCUT2D eigenvalue weighted by molar-refractivity contribution is 5.81. The Morgan fingerprint density at radius 1 is 1.39 bits per heavy atom. The van der Waals surface area contributed by atoms with Crippen molar-refractivity contribution < 1.29 is 4.11 Å². The fourth-order valence-electron chi connectivity index (χ4n) is 2.64. The molecule has 3 aromatic rings. The standard InChI is InChI=1S/C16H17N7/c1-9-3-4-14-21-15(22-23(14)8-9)11-6-20-16(2,18)12-7-19-13(17)5-10(11)12/h3-8,20H,18H2,1-2H3,(H2,17,19)/i2D3. The van der Waals surface area contributed by atoms with E-state index in [1.54, 1.807) is 10.6 Å². The minimum absolute atomic E-state index is 0.254. The smallest absolute Gasteiger partial charge is 0.184 e. The molecule has 1 aliphatic rings. The number of nitrogens with zero attached hydrogens (tertiary/aromatic N) is 4. The quantitative estimate of drug-likeness (QED) is 0.622. The lowest BCUT2D eigenvalue weighted by atomic mass is 9.90. The van der Waals surface area contributed by atoms with E-state index in [0.717, 1.165) is 5.56 Å². The molecule has 0 amide bonds. The van der Waals surface area contributed by atoms with E-state index < -0.39 is 12.5 Å². The van der Waals surface area contributed by atoms with E-state index in [1.807, 2.05) is 25.3 Å². The summed E-state index contributed by atoms with van der Waals surface area (Å²) in [6, 6.07) is 5.39. The largest absolute Gasteiger partial charge is 0.384 e. The maximum atomic E-state index is 7.81. The van der Waals surface area contributed by atoms with Crippen LogP contribution < -0.4 is 16.8 Å². The lowest BCUT2D eigenvalue weighted by Gasteiger charge is -2.32. The van der Waals surface area contributed by atoms with Crippen molar-refractivity contribution in [3.63, 3.8) is 0 Å². The number of aromatic nitrogens is 4. The molecule has 0 saturated carbocycles. The summed E-state index contributed by atoms with van der Waals surface area (Å²) in [5.74, 6) is 0.687. The molecule has 23 heavy (non-hydrogen) atoms. The summed E-state index contributed by atoms with van der Waals surface area (Å²) in [5.41, 5.74) is 13.4.